The van der Waals surface area contributed by atoms with Crippen LogP contribution in [0.5, 0.6) is 0 Å². The molecule has 0 saturated heterocycles. The molecule has 1 fully saturated rings. The van der Waals surface area contributed by atoms with E-state index in [1.807, 2.05) is 0 Å². The number of amides is 2. The molecule has 3 N–H and O–H groups in total. The minimum Gasteiger partial charge on any atom is -0.391 e. The Balaban J connectivity index is 1.77. The lowest BCUT2D eigenvalue weighted by atomic mass is 9.92. The van der Waals surface area contributed by atoms with Crippen LogP contribution < -0.4 is 10.6 Å². The number of aromatic nitrogens is 1. The molecule has 0 aliphatic heterocycles. The topological polar surface area (TPSA) is 124 Å². The van der Waals surface area contributed by atoms with Gasteiger partial charge < -0.3 is 20.3 Å². The molecular formula is C22H23FN4O4. The van der Waals surface area contributed by atoms with Gasteiger partial charge in [0, 0.05) is 24.0 Å². The van der Waals surface area contributed by atoms with Crippen LogP contribution in [-0.2, 0) is 11.8 Å². The number of aliphatic hydroxyl groups excluding tert-OH is 1. The molecule has 2 aromatic rings. The minimum absolute atomic E-state index is 0.0762. The number of rotatable bonds is 5. The van der Waals surface area contributed by atoms with Crippen LogP contribution in [0.2, 0.25) is 0 Å². The smallest absolute Gasteiger partial charge is 0.292 e. The van der Waals surface area contributed by atoms with E-state index in [4.69, 9.17) is 5.26 Å². The van der Waals surface area contributed by atoms with Crippen LogP contribution in [0.3, 0.4) is 0 Å². The van der Waals surface area contributed by atoms with Crippen molar-refractivity contribution in [2.45, 2.75) is 44.8 Å². The zero-order chi connectivity index (χ0) is 22.7. The molecule has 1 aromatic carbocycles. The number of hydrogen-bond donors (Lipinski definition) is 3. The first-order valence-corrected chi connectivity index (χ1v) is 9.93. The number of ketones is 1. The number of nitrogens with zero attached hydrogens (tertiary/aromatic N) is 2. The zero-order valence-corrected chi connectivity index (χ0v) is 17.2. The van der Waals surface area contributed by atoms with E-state index in [2.05, 4.69) is 10.6 Å². The quantitative estimate of drug-likeness (QED) is 0.499. The Hall–Kier alpha value is -3.51. The van der Waals surface area contributed by atoms with Gasteiger partial charge in [0.2, 0.25) is 0 Å². The Morgan fingerprint density at radius 1 is 1.23 bits per heavy atom. The monoisotopic (exact) mass is 426 g/mol. The normalized spacial score (nSPS) is 18.2. The molecule has 8 nitrogen and oxygen atoms in total. The summed E-state index contributed by atoms with van der Waals surface area (Å²) in [6.45, 7) is 1.61. The largest absolute Gasteiger partial charge is 0.391 e. The Morgan fingerprint density at radius 3 is 2.61 bits per heavy atom. The molecule has 1 saturated carbocycles. The van der Waals surface area contributed by atoms with Crippen LogP contribution >= 0.6 is 0 Å². The third kappa shape index (κ3) is 4.64. The Morgan fingerprint density at radius 2 is 1.94 bits per heavy atom. The van der Waals surface area contributed by atoms with E-state index < -0.39 is 35.6 Å². The number of benzene rings is 1. The molecule has 0 spiro atoms. The van der Waals surface area contributed by atoms with Crippen LogP contribution in [0.4, 0.5) is 10.1 Å². The number of carbonyl (C=O) groups excluding carboxylic acids is 3. The molecule has 2 atom stereocenters. The number of nitrogens with one attached hydrogen (secondary N) is 2. The lowest BCUT2D eigenvalue weighted by Gasteiger charge is -2.27. The number of carbonyl (C=O) groups is 3. The Bertz CT molecular complexity index is 1090. The molecule has 0 radical (unpaired) electrons. The van der Waals surface area contributed by atoms with Gasteiger partial charge in [0.25, 0.3) is 17.6 Å². The standard InChI is InChI=1S/C22H23FN4O4/c1-12-15(20(29)22(31)26-17-5-3-4-6-19(17)28)10-18(27(12)2)21(30)25-14-7-8-16(23)13(9-14)11-24/h7-10,17,19,28H,3-6H2,1-2H3,(H,25,30)(H,26,31)/t17-,19-/m0/s1. The third-order valence-corrected chi connectivity index (χ3v) is 5.61. The van der Waals surface area contributed by atoms with Crippen LogP contribution in [0.1, 0.15) is 57.8 Å². The van der Waals surface area contributed by atoms with E-state index in [9.17, 15) is 23.9 Å². The molecule has 1 heterocycles. The lowest BCUT2D eigenvalue weighted by molar-refractivity contribution is -0.118. The van der Waals surface area contributed by atoms with Gasteiger partial charge in [-0.15, -0.1) is 0 Å². The van der Waals surface area contributed by atoms with Crippen molar-refractivity contribution in [3.05, 3.63) is 52.6 Å². The van der Waals surface area contributed by atoms with Gasteiger partial charge in [-0.1, -0.05) is 12.8 Å². The molecular weight excluding hydrogens is 403 g/mol. The first-order valence-electron chi connectivity index (χ1n) is 9.93. The number of halogens is 1. The number of anilines is 1. The average molecular weight is 426 g/mol. The fraction of sp³-hybridized carbons (Fsp3) is 0.364. The lowest BCUT2D eigenvalue weighted by Crippen LogP contribution is -2.47. The highest BCUT2D eigenvalue weighted by molar-refractivity contribution is 6.43. The maximum Gasteiger partial charge on any atom is 0.292 e. The number of nitriles is 1. The van der Waals surface area contributed by atoms with Crippen LogP contribution in [0, 0.1) is 24.1 Å². The molecule has 1 aromatic heterocycles. The van der Waals surface area contributed by atoms with Crippen molar-refractivity contribution in [1.29, 1.82) is 5.26 Å². The van der Waals surface area contributed by atoms with Crippen molar-refractivity contribution in [3.63, 3.8) is 0 Å². The highest BCUT2D eigenvalue weighted by atomic mass is 19.1. The molecule has 0 unspecified atom stereocenters. The van der Waals surface area contributed by atoms with E-state index in [1.54, 1.807) is 20.0 Å². The number of aliphatic hydroxyl groups is 1. The maximum absolute atomic E-state index is 13.5. The first kappa shape index (κ1) is 22.2. The van der Waals surface area contributed by atoms with Gasteiger partial charge in [0.05, 0.1) is 17.7 Å². The van der Waals surface area contributed by atoms with Crippen LogP contribution in [-0.4, -0.2) is 39.4 Å². The summed E-state index contributed by atoms with van der Waals surface area (Å²) in [7, 11) is 1.58. The molecule has 3 rings (SSSR count). The summed E-state index contributed by atoms with van der Waals surface area (Å²) in [4.78, 5) is 37.8. The highest BCUT2D eigenvalue weighted by Gasteiger charge is 2.29. The zero-order valence-electron chi connectivity index (χ0n) is 17.2. The van der Waals surface area contributed by atoms with Crippen molar-refractivity contribution in [2.24, 2.45) is 7.05 Å². The van der Waals surface area contributed by atoms with Crippen molar-refractivity contribution < 1.29 is 23.9 Å². The minimum atomic E-state index is -0.830. The average Bonchev–Trinajstić information content (AvgIpc) is 3.05. The van der Waals surface area contributed by atoms with Gasteiger partial charge in [-0.25, -0.2) is 4.39 Å². The van der Waals surface area contributed by atoms with E-state index in [-0.39, 0.29) is 22.5 Å². The van der Waals surface area contributed by atoms with Gasteiger partial charge in [-0.2, -0.15) is 5.26 Å². The fourth-order valence-electron chi connectivity index (χ4n) is 3.67. The summed E-state index contributed by atoms with van der Waals surface area (Å²) in [5, 5.41) is 24.1. The van der Waals surface area contributed by atoms with Gasteiger partial charge >= 0.3 is 0 Å². The molecule has 1 aliphatic rings. The summed E-state index contributed by atoms with van der Waals surface area (Å²) >= 11 is 0. The first-order chi connectivity index (χ1) is 14.7. The predicted octanol–water partition coefficient (Wildman–Crippen LogP) is 2.20. The van der Waals surface area contributed by atoms with Crippen LogP contribution in [0.15, 0.2) is 24.3 Å². The second-order valence-corrected chi connectivity index (χ2v) is 7.61. The van der Waals surface area contributed by atoms with Crippen molar-refractivity contribution in [2.75, 3.05) is 5.32 Å². The maximum atomic E-state index is 13.5. The van der Waals surface area contributed by atoms with Gasteiger partial charge in [0.15, 0.2) is 0 Å². The molecule has 31 heavy (non-hydrogen) atoms. The van der Waals surface area contributed by atoms with E-state index in [0.29, 0.717) is 18.5 Å². The van der Waals surface area contributed by atoms with Crippen molar-refractivity contribution in [3.8, 4) is 6.07 Å². The second kappa shape index (κ2) is 9.10. The van der Waals surface area contributed by atoms with Gasteiger partial charge in [-0.05, 0) is 44.0 Å². The highest BCUT2D eigenvalue weighted by Crippen LogP contribution is 2.21. The Kier molecular flexibility index (Phi) is 6.51. The summed E-state index contributed by atoms with van der Waals surface area (Å²) in [6.07, 6.45) is 2.23. The van der Waals surface area contributed by atoms with Crippen molar-refractivity contribution >= 4 is 23.3 Å². The Labute approximate surface area is 178 Å². The van der Waals surface area contributed by atoms with Crippen molar-refractivity contribution in [1.82, 2.24) is 9.88 Å². The predicted molar refractivity (Wildman–Crippen MR) is 110 cm³/mol. The number of Topliss-reactive ketones (excluding diaryl/α,β-unsaturated/α-hetero) is 1. The summed E-state index contributed by atoms with van der Waals surface area (Å²) < 4.78 is 14.9. The summed E-state index contributed by atoms with van der Waals surface area (Å²) in [6, 6.07) is 6.15. The van der Waals surface area contributed by atoms with Gasteiger partial charge in [0.1, 0.15) is 17.6 Å². The summed E-state index contributed by atoms with van der Waals surface area (Å²) in [5.74, 6) is -2.90. The SMILES string of the molecule is Cc1c(C(=O)C(=O)N[C@H]2CCCC[C@@H]2O)cc(C(=O)Nc2ccc(F)c(C#N)c2)n1C. The molecule has 0 bridgehead atoms. The molecule has 1 aliphatic carbocycles. The summed E-state index contributed by atoms with van der Waals surface area (Å²) in [5.41, 5.74) is 0.629. The molecule has 162 valence electrons. The fourth-order valence-corrected chi connectivity index (χ4v) is 3.67. The molecule has 2 amide bonds. The molecule has 9 heteroatoms. The van der Waals surface area contributed by atoms with Crippen LogP contribution in [0.25, 0.3) is 0 Å². The van der Waals surface area contributed by atoms with E-state index in [1.165, 1.54) is 22.8 Å². The van der Waals surface area contributed by atoms with E-state index in [0.717, 1.165) is 18.9 Å². The third-order valence-electron chi connectivity index (χ3n) is 5.61. The number of hydrogen-bond acceptors (Lipinski definition) is 5. The van der Waals surface area contributed by atoms with E-state index >= 15 is 0 Å². The van der Waals surface area contributed by atoms with Gasteiger partial charge in [-0.3, -0.25) is 14.4 Å². The second-order valence-electron chi connectivity index (χ2n) is 7.61.